The Kier molecular flexibility index (Phi) is 6.78. The third-order valence-corrected chi connectivity index (χ3v) is 5.63. The molecule has 0 aliphatic rings. The van der Waals surface area contributed by atoms with E-state index in [9.17, 15) is 0 Å². The SMILES string of the molecule is COc1c(C)c(C)c(OC)c(CCCCc2cccc(Cl)c2C)c1C. The maximum atomic E-state index is 6.22. The number of halogens is 1. The molecule has 0 saturated carbocycles. The van der Waals surface area contributed by atoms with Gasteiger partial charge in [0.2, 0.25) is 0 Å². The number of rotatable bonds is 7. The van der Waals surface area contributed by atoms with Crippen molar-refractivity contribution in [3.63, 3.8) is 0 Å². The van der Waals surface area contributed by atoms with E-state index >= 15 is 0 Å². The Balaban J connectivity index is 2.13. The summed E-state index contributed by atoms with van der Waals surface area (Å²) in [7, 11) is 3.50. The van der Waals surface area contributed by atoms with Crippen LogP contribution in [0.4, 0.5) is 0 Å². The molecule has 0 aromatic heterocycles. The highest BCUT2D eigenvalue weighted by Crippen LogP contribution is 2.38. The van der Waals surface area contributed by atoms with E-state index in [1.165, 1.54) is 27.8 Å². The fraction of sp³-hybridized carbons (Fsp3) is 0.455. The third-order valence-electron chi connectivity index (χ3n) is 5.22. The molecule has 0 aliphatic carbocycles. The van der Waals surface area contributed by atoms with E-state index in [4.69, 9.17) is 21.1 Å². The van der Waals surface area contributed by atoms with E-state index in [0.717, 1.165) is 47.8 Å². The van der Waals surface area contributed by atoms with Crippen molar-refractivity contribution in [1.82, 2.24) is 0 Å². The molecule has 0 N–H and O–H groups in total. The molecule has 0 heterocycles. The normalized spacial score (nSPS) is 10.8. The lowest BCUT2D eigenvalue weighted by Crippen LogP contribution is -2.04. The van der Waals surface area contributed by atoms with Crippen LogP contribution in [0.2, 0.25) is 5.02 Å². The average Bonchev–Trinajstić information content (AvgIpc) is 2.60. The summed E-state index contributed by atoms with van der Waals surface area (Å²) in [6.07, 6.45) is 4.27. The van der Waals surface area contributed by atoms with Gasteiger partial charge in [0.1, 0.15) is 11.5 Å². The van der Waals surface area contributed by atoms with Crippen LogP contribution in [0.25, 0.3) is 0 Å². The first-order valence-corrected chi connectivity index (χ1v) is 9.24. The first kappa shape index (κ1) is 19.7. The Hall–Kier alpha value is -1.67. The molecule has 2 aromatic rings. The van der Waals surface area contributed by atoms with Crippen molar-refractivity contribution < 1.29 is 9.47 Å². The lowest BCUT2D eigenvalue weighted by molar-refractivity contribution is 0.390. The minimum atomic E-state index is 0.855. The van der Waals surface area contributed by atoms with Gasteiger partial charge in [0, 0.05) is 10.6 Å². The first-order chi connectivity index (χ1) is 11.9. The molecule has 25 heavy (non-hydrogen) atoms. The fourth-order valence-corrected chi connectivity index (χ4v) is 3.77. The zero-order valence-electron chi connectivity index (χ0n) is 16.3. The Morgan fingerprint density at radius 1 is 0.760 bits per heavy atom. The number of hydrogen-bond acceptors (Lipinski definition) is 2. The van der Waals surface area contributed by atoms with Gasteiger partial charge in [0.15, 0.2) is 0 Å². The van der Waals surface area contributed by atoms with Crippen LogP contribution in [0, 0.1) is 27.7 Å². The van der Waals surface area contributed by atoms with Gasteiger partial charge in [-0.15, -0.1) is 0 Å². The second-order valence-corrected chi connectivity index (χ2v) is 7.06. The van der Waals surface area contributed by atoms with Crippen molar-refractivity contribution >= 4 is 11.6 Å². The monoisotopic (exact) mass is 360 g/mol. The molecule has 0 saturated heterocycles. The molecular formula is C22H29ClO2. The van der Waals surface area contributed by atoms with Gasteiger partial charge in [-0.05, 0) is 87.3 Å². The molecule has 2 rings (SSSR count). The Bertz CT molecular complexity index is 750. The van der Waals surface area contributed by atoms with Crippen molar-refractivity contribution in [2.75, 3.05) is 14.2 Å². The number of methoxy groups -OCH3 is 2. The number of ether oxygens (including phenoxy) is 2. The first-order valence-electron chi connectivity index (χ1n) is 8.86. The highest BCUT2D eigenvalue weighted by Gasteiger charge is 2.18. The summed E-state index contributed by atoms with van der Waals surface area (Å²) < 4.78 is 11.3. The minimum absolute atomic E-state index is 0.855. The predicted octanol–water partition coefficient (Wildman–Crippen LogP) is 6.16. The predicted molar refractivity (Wildman–Crippen MR) is 107 cm³/mol. The van der Waals surface area contributed by atoms with Crippen molar-refractivity contribution in [1.29, 1.82) is 0 Å². The molecular weight excluding hydrogens is 332 g/mol. The minimum Gasteiger partial charge on any atom is -0.496 e. The van der Waals surface area contributed by atoms with Crippen LogP contribution in [0.15, 0.2) is 18.2 Å². The largest absolute Gasteiger partial charge is 0.496 e. The summed E-state index contributed by atoms with van der Waals surface area (Å²) in [5, 5.41) is 0.855. The highest BCUT2D eigenvalue weighted by molar-refractivity contribution is 6.31. The van der Waals surface area contributed by atoms with Gasteiger partial charge < -0.3 is 9.47 Å². The molecule has 0 bridgehead atoms. The van der Waals surface area contributed by atoms with Crippen LogP contribution in [-0.4, -0.2) is 14.2 Å². The van der Waals surface area contributed by atoms with Gasteiger partial charge in [0.25, 0.3) is 0 Å². The second-order valence-electron chi connectivity index (χ2n) is 6.65. The lowest BCUT2D eigenvalue weighted by atomic mass is 9.93. The number of unbranched alkanes of at least 4 members (excludes halogenated alkanes) is 1. The van der Waals surface area contributed by atoms with Gasteiger partial charge in [-0.2, -0.15) is 0 Å². The molecule has 2 aromatic carbocycles. The average molecular weight is 361 g/mol. The van der Waals surface area contributed by atoms with E-state index < -0.39 is 0 Å². The van der Waals surface area contributed by atoms with E-state index in [1.54, 1.807) is 14.2 Å². The summed E-state index contributed by atoms with van der Waals surface area (Å²) in [4.78, 5) is 0. The highest BCUT2D eigenvalue weighted by atomic mass is 35.5. The van der Waals surface area contributed by atoms with Crippen LogP contribution in [-0.2, 0) is 12.8 Å². The van der Waals surface area contributed by atoms with Gasteiger partial charge >= 0.3 is 0 Å². The topological polar surface area (TPSA) is 18.5 Å². The molecule has 0 aliphatic heterocycles. The summed E-state index contributed by atoms with van der Waals surface area (Å²) in [6.45, 7) is 8.42. The summed E-state index contributed by atoms with van der Waals surface area (Å²) in [6, 6.07) is 6.16. The summed E-state index contributed by atoms with van der Waals surface area (Å²) in [5.74, 6) is 1.99. The Morgan fingerprint density at radius 3 is 2.00 bits per heavy atom. The van der Waals surface area contributed by atoms with Crippen molar-refractivity contribution in [2.45, 2.75) is 53.4 Å². The van der Waals surface area contributed by atoms with Gasteiger partial charge in [-0.25, -0.2) is 0 Å². The van der Waals surface area contributed by atoms with E-state index in [2.05, 4.69) is 33.8 Å². The van der Waals surface area contributed by atoms with Gasteiger partial charge in [0.05, 0.1) is 14.2 Å². The zero-order chi connectivity index (χ0) is 18.6. The Morgan fingerprint density at radius 2 is 1.36 bits per heavy atom. The molecule has 0 fully saturated rings. The van der Waals surface area contributed by atoms with E-state index in [-0.39, 0.29) is 0 Å². The number of aryl methyl sites for hydroxylation is 1. The van der Waals surface area contributed by atoms with Crippen molar-refractivity contribution in [3.8, 4) is 11.5 Å². The van der Waals surface area contributed by atoms with E-state index in [0.29, 0.717) is 0 Å². The van der Waals surface area contributed by atoms with Crippen LogP contribution in [0.5, 0.6) is 11.5 Å². The molecule has 0 atom stereocenters. The molecule has 0 amide bonds. The summed E-state index contributed by atoms with van der Waals surface area (Å²) in [5.41, 5.74) is 7.34. The number of hydrogen-bond donors (Lipinski definition) is 0. The van der Waals surface area contributed by atoms with Crippen LogP contribution in [0.1, 0.15) is 46.2 Å². The summed E-state index contributed by atoms with van der Waals surface area (Å²) >= 11 is 6.22. The fourth-order valence-electron chi connectivity index (χ4n) is 3.58. The van der Waals surface area contributed by atoms with Crippen LogP contribution in [0.3, 0.4) is 0 Å². The molecule has 0 unspecified atom stereocenters. The van der Waals surface area contributed by atoms with E-state index in [1.807, 2.05) is 12.1 Å². The molecule has 0 radical (unpaired) electrons. The van der Waals surface area contributed by atoms with Crippen LogP contribution < -0.4 is 9.47 Å². The molecule has 2 nitrogen and oxygen atoms in total. The Labute approximate surface area is 157 Å². The maximum absolute atomic E-state index is 6.22. The number of benzene rings is 2. The van der Waals surface area contributed by atoms with Crippen LogP contribution >= 0.6 is 11.6 Å². The van der Waals surface area contributed by atoms with Crippen molar-refractivity contribution in [3.05, 3.63) is 56.6 Å². The zero-order valence-corrected chi connectivity index (χ0v) is 17.0. The van der Waals surface area contributed by atoms with Gasteiger partial charge in [-0.3, -0.25) is 0 Å². The molecule has 136 valence electrons. The quantitative estimate of drug-likeness (QED) is 0.551. The molecule has 0 spiro atoms. The van der Waals surface area contributed by atoms with Gasteiger partial charge in [-0.1, -0.05) is 23.7 Å². The second kappa shape index (κ2) is 8.62. The van der Waals surface area contributed by atoms with Crippen molar-refractivity contribution in [2.24, 2.45) is 0 Å². The maximum Gasteiger partial charge on any atom is 0.125 e. The standard InChI is InChI=1S/C22H29ClO2/c1-14-15(2)22(25-6)19(17(4)21(14)24-5)12-8-7-10-18-11-9-13-20(23)16(18)3/h9,11,13H,7-8,10,12H2,1-6H3. The smallest absolute Gasteiger partial charge is 0.125 e. The third kappa shape index (κ3) is 4.12. The lowest BCUT2D eigenvalue weighted by Gasteiger charge is -2.20. The molecule has 3 heteroatoms.